The molecule has 1 amide bonds. The van der Waals surface area contributed by atoms with Gasteiger partial charge in [-0.15, -0.1) is 0 Å². The van der Waals surface area contributed by atoms with Crippen molar-refractivity contribution in [3.8, 4) is 0 Å². The van der Waals surface area contributed by atoms with Crippen LogP contribution in [0.1, 0.15) is 6.92 Å². The van der Waals surface area contributed by atoms with E-state index in [0.29, 0.717) is 0 Å². The second-order valence-corrected chi connectivity index (χ2v) is 3.85. The second-order valence-electron chi connectivity index (χ2n) is 3.85. The van der Waals surface area contributed by atoms with Gasteiger partial charge in [-0.1, -0.05) is 6.92 Å². The summed E-state index contributed by atoms with van der Waals surface area (Å²) in [6.45, 7) is -0.346. The van der Waals surface area contributed by atoms with E-state index in [1.54, 1.807) is 0 Å². The van der Waals surface area contributed by atoms with E-state index >= 15 is 0 Å². The Morgan fingerprint density at radius 2 is 2.06 bits per heavy atom. The monoisotopic (exact) mass is 233 g/mol. The summed E-state index contributed by atoms with van der Waals surface area (Å²) < 4.78 is 4.44. The minimum Gasteiger partial charge on any atom is -0.467 e. The number of carbonyl (C=O) groups excluding carboxylic acids is 2. The Bertz CT molecular complexity index is 319. The number of methoxy groups -OCH3 is 1. The molecular formula is C9H15NO6. The maximum atomic E-state index is 11.6. The number of carbonyl (C=O) groups is 2. The third-order valence-corrected chi connectivity index (χ3v) is 3.20. The number of amides is 1. The van der Waals surface area contributed by atoms with Crippen LogP contribution >= 0.6 is 0 Å². The number of hydrogen-bond acceptors (Lipinski definition) is 6. The van der Waals surface area contributed by atoms with Gasteiger partial charge in [-0.25, -0.2) is 4.79 Å². The molecular weight excluding hydrogens is 218 g/mol. The lowest BCUT2D eigenvalue weighted by Gasteiger charge is -2.37. The molecule has 3 atom stereocenters. The molecule has 1 heterocycles. The molecule has 1 rings (SSSR count). The second kappa shape index (κ2) is 4.00. The van der Waals surface area contributed by atoms with Gasteiger partial charge in [0, 0.05) is 0 Å². The minimum absolute atomic E-state index is 0.629. The Morgan fingerprint density at radius 1 is 1.50 bits per heavy atom. The van der Waals surface area contributed by atoms with Gasteiger partial charge in [-0.3, -0.25) is 4.79 Å². The minimum atomic E-state index is -2.08. The van der Waals surface area contributed by atoms with Crippen LogP contribution in [-0.2, 0) is 14.3 Å². The standard InChI is InChI=1S/C9H15NO6/c1-5-6(13)10-8(3-11,7(14)16-2)9(5,15)4-12/h5,11-12,15H,3-4H2,1-2H3,(H,10,13)/t5-,8+,9-/m0/s1. The van der Waals surface area contributed by atoms with Crippen molar-refractivity contribution >= 4 is 11.9 Å². The zero-order valence-electron chi connectivity index (χ0n) is 9.06. The average molecular weight is 233 g/mol. The summed E-state index contributed by atoms with van der Waals surface area (Å²) >= 11 is 0. The highest BCUT2D eigenvalue weighted by atomic mass is 16.5. The third kappa shape index (κ3) is 1.32. The van der Waals surface area contributed by atoms with E-state index < -0.39 is 42.1 Å². The molecule has 0 aliphatic carbocycles. The Kier molecular flexibility index (Phi) is 3.22. The Hall–Kier alpha value is -1.18. The molecule has 92 valence electrons. The number of ether oxygens (including phenoxy) is 1. The van der Waals surface area contributed by atoms with E-state index in [-0.39, 0.29) is 0 Å². The Labute approximate surface area is 92.0 Å². The van der Waals surface area contributed by atoms with Crippen molar-refractivity contribution in [3.05, 3.63) is 0 Å². The van der Waals surface area contributed by atoms with E-state index in [0.717, 1.165) is 7.11 Å². The lowest BCUT2D eigenvalue weighted by molar-refractivity contribution is -0.169. The molecule has 0 aromatic carbocycles. The summed E-state index contributed by atoms with van der Waals surface area (Å²) in [7, 11) is 1.06. The molecule has 1 aliphatic rings. The fourth-order valence-electron chi connectivity index (χ4n) is 1.93. The number of hydrogen-bond donors (Lipinski definition) is 4. The highest BCUT2D eigenvalue weighted by Crippen LogP contribution is 2.36. The van der Waals surface area contributed by atoms with Gasteiger partial charge in [0.1, 0.15) is 5.60 Å². The third-order valence-electron chi connectivity index (χ3n) is 3.20. The molecule has 0 radical (unpaired) electrons. The number of aliphatic hydroxyl groups excluding tert-OH is 2. The number of rotatable bonds is 3. The van der Waals surface area contributed by atoms with Crippen LogP contribution in [0, 0.1) is 5.92 Å². The van der Waals surface area contributed by atoms with E-state index in [1.165, 1.54) is 6.92 Å². The molecule has 1 fully saturated rings. The van der Waals surface area contributed by atoms with Crippen LogP contribution < -0.4 is 5.32 Å². The van der Waals surface area contributed by atoms with Crippen LogP contribution in [0.4, 0.5) is 0 Å². The molecule has 1 saturated heterocycles. The highest BCUT2D eigenvalue weighted by Gasteiger charge is 2.66. The van der Waals surface area contributed by atoms with Crippen LogP contribution in [0.25, 0.3) is 0 Å². The molecule has 1 aliphatic heterocycles. The lowest BCUT2D eigenvalue weighted by atomic mass is 9.77. The fourth-order valence-corrected chi connectivity index (χ4v) is 1.93. The number of esters is 1. The van der Waals surface area contributed by atoms with Gasteiger partial charge in [-0.05, 0) is 0 Å². The molecule has 7 heteroatoms. The average Bonchev–Trinajstić information content (AvgIpc) is 2.50. The van der Waals surface area contributed by atoms with Crippen molar-refractivity contribution in [1.82, 2.24) is 5.32 Å². The molecule has 16 heavy (non-hydrogen) atoms. The van der Waals surface area contributed by atoms with E-state index in [9.17, 15) is 19.8 Å². The molecule has 0 aromatic rings. The van der Waals surface area contributed by atoms with Gasteiger partial charge in [0.05, 0.1) is 26.2 Å². The number of nitrogens with one attached hydrogen (secondary N) is 1. The van der Waals surface area contributed by atoms with E-state index in [1.807, 2.05) is 0 Å². The maximum Gasteiger partial charge on any atom is 0.337 e. The first-order valence-corrected chi connectivity index (χ1v) is 4.74. The normalized spacial score (nSPS) is 38.3. The molecule has 0 spiro atoms. The van der Waals surface area contributed by atoms with Crippen molar-refractivity contribution in [2.45, 2.75) is 18.1 Å². The van der Waals surface area contributed by atoms with Crippen LogP contribution in [0.3, 0.4) is 0 Å². The Balaban J connectivity index is 3.28. The number of aliphatic hydroxyl groups is 3. The quantitative estimate of drug-likeness (QED) is 0.397. The molecule has 0 unspecified atom stereocenters. The van der Waals surface area contributed by atoms with Gasteiger partial charge >= 0.3 is 5.97 Å². The zero-order valence-corrected chi connectivity index (χ0v) is 9.06. The van der Waals surface area contributed by atoms with Gasteiger partial charge in [0.2, 0.25) is 5.91 Å². The van der Waals surface area contributed by atoms with Crippen LogP contribution in [0.15, 0.2) is 0 Å². The summed E-state index contributed by atoms with van der Waals surface area (Å²) in [5.41, 5.74) is -4.08. The van der Waals surface area contributed by atoms with Crippen LogP contribution in [0.5, 0.6) is 0 Å². The smallest absolute Gasteiger partial charge is 0.337 e. The molecule has 0 aromatic heterocycles. The van der Waals surface area contributed by atoms with Crippen molar-refractivity contribution in [1.29, 1.82) is 0 Å². The summed E-state index contributed by atoms with van der Waals surface area (Å²) in [5, 5.41) is 30.7. The first kappa shape index (κ1) is 12.9. The van der Waals surface area contributed by atoms with Crippen molar-refractivity contribution in [3.63, 3.8) is 0 Å². The van der Waals surface area contributed by atoms with Crippen LogP contribution in [-0.4, -0.2) is 58.7 Å². The van der Waals surface area contributed by atoms with Gasteiger partial charge in [0.25, 0.3) is 0 Å². The largest absolute Gasteiger partial charge is 0.467 e. The molecule has 7 nitrogen and oxygen atoms in total. The SMILES string of the molecule is COC(=O)[C@@]1(CO)NC(=O)[C@H](C)[C@@]1(O)CO. The van der Waals surface area contributed by atoms with E-state index in [2.05, 4.69) is 10.1 Å². The molecule has 4 N–H and O–H groups in total. The lowest BCUT2D eigenvalue weighted by Crippen LogP contribution is -2.67. The van der Waals surface area contributed by atoms with Crippen molar-refractivity contribution in [2.75, 3.05) is 20.3 Å². The van der Waals surface area contributed by atoms with Gasteiger partial charge in [0.15, 0.2) is 5.54 Å². The summed E-state index contributed by atoms with van der Waals surface area (Å²) in [4.78, 5) is 23.0. The summed E-state index contributed by atoms with van der Waals surface area (Å²) in [6, 6.07) is 0. The first-order chi connectivity index (χ1) is 7.39. The van der Waals surface area contributed by atoms with E-state index in [4.69, 9.17) is 5.11 Å². The Morgan fingerprint density at radius 3 is 2.44 bits per heavy atom. The van der Waals surface area contributed by atoms with Gasteiger partial charge < -0.3 is 25.4 Å². The van der Waals surface area contributed by atoms with Crippen molar-refractivity contribution in [2.24, 2.45) is 5.92 Å². The molecule has 0 bridgehead atoms. The van der Waals surface area contributed by atoms with Crippen LogP contribution in [0.2, 0.25) is 0 Å². The predicted molar refractivity (Wildman–Crippen MR) is 51.2 cm³/mol. The van der Waals surface area contributed by atoms with Gasteiger partial charge in [-0.2, -0.15) is 0 Å². The topological polar surface area (TPSA) is 116 Å². The van der Waals surface area contributed by atoms with Crippen molar-refractivity contribution < 1.29 is 29.6 Å². The first-order valence-electron chi connectivity index (χ1n) is 4.74. The zero-order chi connectivity index (χ0) is 12.6. The highest BCUT2D eigenvalue weighted by molar-refractivity contribution is 5.96. The molecule has 0 saturated carbocycles. The summed E-state index contributed by atoms with van der Waals surface area (Å²) in [6.07, 6.45) is 0. The summed E-state index contributed by atoms with van der Waals surface area (Å²) in [5.74, 6) is -2.65. The maximum absolute atomic E-state index is 11.6. The predicted octanol–water partition coefficient (Wildman–Crippen LogP) is -2.62. The fraction of sp³-hybridized carbons (Fsp3) is 0.778.